The molecule has 0 saturated carbocycles. The molecule has 1 unspecified atom stereocenters. The second kappa shape index (κ2) is 6.81. The Morgan fingerprint density at radius 3 is 2.90 bits per heavy atom. The van der Waals surface area contributed by atoms with Gasteiger partial charge in [-0.3, -0.25) is 4.79 Å². The lowest BCUT2D eigenvalue weighted by molar-refractivity contribution is -0.139. The number of fused-ring (bicyclic) bond motifs is 1. The molecule has 2 rings (SSSR count). The highest BCUT2D eigenvalue weighted by atomic mass is 35.5. The Hall–Kier alpha value is -1.46. The van der Waals surface area contributed by atoms with Crippen LogP contribution >= 0.6 is 11.6 Å². The van der Waals surface area contributed by atoms with Crippen molar-refractivity contribution in [1.29, 1.82) is 0 Å². The summed E-state index contributed by atoms with van der Waals surface area (Å²) in [6, 6.07) is 2.51. The highest BCUT2D eigenvalue weighted by molar-refractivity contribution is 6.32. The van der Waals surface area contributed by atoms with Gasteiger partial charge in [-0.15, -0.1) is 0 Å². The fourth-order valence-corrected chi connectivity index (χ4v) is 2.33. The monoisotopic (exact) mass is 299 g/mol. The molecule has 1 heterocycles. The van der Waals surface area contributed by atoms with Crippen LogP contribution in [0.3, 0.4) is 0 Å². The largest absolute Gasteiger partial charge is 0.489 e. The molecule has 0 amide bonds. The first kappa shape index (κ1) is 14.9. The van der Waals surface area contributed by atoms with E-state index in [2.05, 4.69) is 5.32 Å². The van der Waals surface area contributed by atoms with Crippen LogP contribution in [0.15, 0.2) is 12.1 Å². The minimum atomic E-state index is -0.941. The molecule has 20 heavy (non-hydrogen) atoms. The summed E-state index contributed by atoms with van der Waals surface area (Å²) >= 11 is 6.18. The predicted molar refractivity (Wildman–Crippen MR) is 75.7 cm³/mol. The predicted octanol–water partition coefficient (Wildman–Crippen LogP) is 2.63. The summed E-state index contributed by atoms with van der Waals surface area (Å²) < 4.78 is 11.1. The molecule has 6 heteroatoms. The van der Waals surface area contributed by atoms with E-state index in [9.17, 15) is 9.90 Å². The van der Waals surface area contributed by atoms with Gasteiger partial charge in [0.25, 0.3) is 0 Å². The highest BCUT2D eigenvalue weighted by Crippen LogP contribution is 2.39. The third kappa shape index (κ3) is 3.35. The lowest BCUT2D eigenvalue weighted by Crippen LogP contribution is -2.29. The Morgan fingerprint density at radius 1 is 1.45 bits per heavy atom. The van der Waals surface area contributed by atoms with Crippen molar-refractivity contribution in [1.82, 2.24) is 5.32 Å². The molecule has 0 bridgehead atoms. The van der Waals surface area contributed by atoms with E-state index < -0.39 is 12.0 Å². The smallest absolute Gasteiger partial charge is 0.325 e. The maximum Gasteiger partial charge on any atom is 0.325 e. The van der Waals surface area contributed by atoms with Crippen LogP contribution in [0.1, 0.15) is 31.4 Å². The van der Waals surface area contributed by atoms with Crippen LogP contribution in [-0.2, 0) is 4.79 Å². The average molecular weight is 300 g/mol. The fourth-order valence-electron chi connectivity index (χ4n) is 2.05. The normalized spacial score (nSPS) is 15.5. The third-order valence-corrected chi connectivity index (χ3v) is 3.28. The Bertz CT molecular complexity index is 492. The van der Waals surface area contributed by atoms with E-state index in [1.54, 1.807) is 12.1 Å². The molecule has 2 N–H and O–H groups in total. The number of halogens is 1. The maximum atomic E-state index is 11.4. The van der Waals surface area contributed by atoms with Crippen LogP contribution in [0, 0.1) is 0 Å². The van der Waals surface area contributed by atoms with Crippen molar-refractivity contribution in [3.8, 4) is 11.5 Å². The van der Waals surface area contributed by atoms with Gasteiger partial charge in [0, 0.05) is 6.42 Å². The zero-order chi connectivity index (χ0) is 14.5. The first-order valence-electron chi connectivity index (χ1n) is 6.68. The number of aliphatic carboxylic acids is 1. The standard InChI is InChI=1S/C14H18ClNO4/c1-2-4-16-12(14(17)18)9-7-10(15)13-11(8-9)19-5-3-6-20-13/h7-8,12,16H,2-6H2,1H3,(H,17,18). The van der Waals surface area contributed by atoms with Crippen molar-refractivity contribution in [2.45, 2.75) is 25.8 Å². The van der Waals surface area contributed by atoms with Crippen molar-refractivity contribution in [3.05, 3.63) is 22.7 Å². The molecule has 0 aromatic heterocycles. The van der Waals surface area contributed by atoms with Crippen LogP contribution in [0.4, 0.5) is 0 Å². The van der Waals surface area contributed by atoms with Crippen LogP contribution in [0.2, 0.25) is 5.02 Å². The van der Waals surface area contributed by atoms with Crippen LogP contribution in [0.25, 0.3) is 0 Å². The average Bonchev–Trinajstić information content (AvgIpc) is 2.64. The van der Waals surface area contributed by atoms with Gasteiger partial charge in [0.1, 0.15) is 6.04 Å². The van der Waals surface area contributed by atoms with Crippen LogP contribution in [-0.4, -0.2) is 30.8 Å². The molecule has 0 radical (unpaired) electrons. The lowest BCUT2D eigenvalue weighted by Gasteiger charge is -2.17. The molecular weight excluding hydrogens is 282 g/mol. The number of hydrogen-bond donors (Lipinski definition) is 2. The number of rotatable bonds is 5. The second-order valence-corrected chi connectivity index (χ2v) is 5.01. The summed E-state index contributed by atoms with van der Waals surface area (Å²) in [5.74, 6) is 0.0612. The lowest BCUT2D eigenvalue weighted by atomic mass is 10.1. The maximum absolute atomic E-state index is 11.4. The number of ether oxygens (including phenoxy) is 2. The quantitative estimate of drug-likeness (QED) is 0.875. The SMILES string of the molecule is CCCNC(C(=O)O)c1cc(Cl)c2c(c1)OCCCO2. The van der Waals surface area contributed by atoms with Gasteiger partial charge in [0.15, 0.2) is 11.5 Å². The molecule has 1 aromatic carbocycles. The Labute approximate surface area is 122 Å². The first-order valence-corrected chi connectivity index (χ1v) is 7.06. The summed E-state index contributed by atoms with van der Waals surface area (Å²) in [7, 11) is 0. The van der Waals surface area contributed by atoms with E-state index >= 15 is 0 Å². The van der Waals surface area contributed by atoms with Crippen molar-refractivity contribution >= 4 is 17.6 Å². The van der Waals surface area contributed by atoms with Crippen LogP contribution < -0.4 is 14.8 Å². The Balaban J connectivity index is 2.33. The van der Waals surface area contributed by atoms with Crippen LogP contribution in [0.5, 0.6) is 11.5 Å². The molecule has 0 aliphatic carbocycles. The van der Waals surface area contributed by atoms with Gasteiger partial charge in [-0.25, -0.2) is 0 Å². The molecule has 1 aromatic rings. The molecule has 5 nitrogen and oxygen atoms in total. The summed E-state index contributed by atoms with van der Waals surface area (Å²) in [4.78, 5) is 11.4. The van der Waals surface area contributed by atoms with Crippen molar-refractivity contribution in [3.63, 3.8) is 0 Å². The Morgan fingerprint density at radius 2 is 2.20 bits per heavy atom. The van der Waals surface area contributed by atoms with E-state index in [1.807, 2.05) is 6.92 Å². The molecular formula is C14H18ClNO4. The van der Waals surface area contributed by atoms with E-state index in [-0.39, 0.29) is 0 Å². The molecule has 0 spiro atoms. The number of benzene rings is 1. The molecule has 1 aliphatic rings. The van der Waals surface area contributed by atoms with E-state index in [0.717, 1.165) is 12.8 Å². The molecule has 0 fully saturated rings. The minimum Gasteiger partial charge on any atom is -0.489 e. The number of nitrogens with one attached hydrogen (secondary N) is 1. The number of carboxylic acids is 1. The van der Waals surface area contributed by atoms with Gasteiger partial charge < -0.3 is 19.9 Å². The van der Waals surface area contributed by atoms with Gasteiger partial charge in [0.05, 0.1) is 18.2 Å². The van der Waals surface area contributed by atoms with E-state index in [0.29, 0.717) is 41.8 Å². The van der Waals surface area contributed by atoms with E-state index in [1.165, 1.54) is 0 Å². The van der Waals surface area contributed by atoms with E-state index in [4.69, 9.17) is 21.1 Å². The summed E-state index contributed by atoms with van der Waals surface area (Å²) in [6.07, 6.45) is 1.62. The fraction of sp³-hybridized carbons (Fsp3) is 0.500. The molecule has 0 saturated heterocycles. The zero-order valence-electron chi connectivity index (χ0n) is 11.3. The van der Waals surface area contributed by atoms with Crippen molar-refractivity contribution in [2.24, 2.45) is 0 Å². The summed E-state index contributed by atoms with van der Waals surface area (Å²) in [5, 5.41) is 12.7. The number of carbonyl (C=O) groups is 1. The molecule has 110 valence electrons. The Kier molecular flexibility index (Phi) is 5.09. The minimum absolute atomic E-state index is 0.379. The number of hydrogen-bond acceptors (Lipinski definition) is 4. The van der Waals surface area contributed by atoms with Gasteiger partial charge in [-0.2, -0.15) is 0 Å². The summed E-state index contributed by atoms with van der Waals surface area (Å²) in [5.41, 5.74) is 0.570. The third-order valence-electron chi connectivity index (χ3n) is 3.00. The molecule has 1 atom stereocenters. The second-order valence-electron chi connectivity index (χ2n) is 4.61. The molecule has 1 aliphatic heterocycles. The summed E-state index contributed by atoms with van der Waals surface area (Å²) in [6.45, 7) is 3.67. The number of carboxylic acid groups (broad SMARTS) is 1. The first-order chi connectivity index (χ1) is 9.63. The van der Waals surface area contributed by atoms with Crippen molar-refractivity contribution < 1.29 is 19.4 Å². The van der Waals surface area contributed by atoms with Gasteiger partial charge in [-0.1, -0.05) is 18.5 Å². The van der Waals surface area contributed by atoms with Gasteiger partial charge in [-0.05, 0) is 30.7 Å². The van der Waals surface area contributed by atoms with Gasteiger partial charge >= 0.3 is 5.97 Å². The topological polar surface area (TPSA) is 67.8 Å². The highest BCUT2D eigenvalue weighted by Gasteiger charge is 2.23. The zero-order valence-corrected chi connectivity index (χ0v) is 12.1. The van der Waals surface area contributed by atoms with Gasteiger partial charge in [0.2, 0.25) is 0 Å². The van der Waals surface area contributed by atoms with Crippen molar-refractivity contribution in [2.75, 3.05) is 19.8 Å².